The van der Waals surface area contributed by atoms with Crippen molar-refractivity contribution in [2.24, 2.45) is 0 Å². The maximum Gasteiger partial charge on any atom is 0.305 e. The van der Waals surface area contributed by atoms with Crippen molar-refractivity contribution in [2.45, 2.75) is 25.4 Å². The first-order chi connectivity index (χ1) is 10.1. The molecule has 1 atom stereocenters. The van der Waals surface area contributed by atoms with Crippen LogP contribution in [0.15, 0.2) is 12.4 Å². The van der Waals surface area contributed by atoms with Gasteiger partial charge in [0.05, 0.1) is 12.5 Å². The van der Waals surface area contributed by atoms with Crippen molar-refractivity contribution in [1.82, 2.24) is 14.9 Å². The smallest absolute Gasteiger partial charge is 0.305 e. The predicted octanol–water partition coefficient (Wildman–Crippen LogP) is 0.155. The van der Waals surface area contributed by atoms with Gasteiger partial charge in [0.25, 0.3) is 5.91 Å². The minimum Gasteiger partial charge on any atom is -0.481 e. The van der Waals surface area contributed by atoms with Crippen molar-refractivity contribution < 1.29 is 19.4 Å². The van der Waals surface area contributed by atoms with Crippen LogP contribution in [0.1, 0.15) is 29.8 Å². The van der Waals surface area contributed by atoms with Crippen molar-refractivity contribution in [3.8, 4) is 0 Å². The summed E-state index contributed by atoms with van der Waals surface area (Å²) in [6.45, 7) is 1.09. The zero-order chi connectivity index (χ0) is 15.2. The number of carbonyl (C=O) groups is 2. The molecule has 1 saturated heterocycles. The lowest BCUT2D eigenvalue weighted by Gasteiger charge is -2.24. The first-order valence-corrected chi connectivity index (χ1v) is 6.77. The van der Waals surface area contributed by atoms with Crippen LogP contribution in [0, 0.1) is 0 Å². The van der Waals surface area contributed by atoms with Gasteiger partial charge in [0.2, 0.25) is 0 Å². The molecule has 0 spiro atoms. The van der Waals surface area contributed by atoms with Crippen molar-refractivity contribution in [1.29, 1.82) is 0 Å². The summed E-state index contributed by atoms with van der Waals surface area (Å²) in [5.74, 6) is -1.35. The van der Waals surface area contributed by atoms with Gasteiger partial charge in [-0.2, -0.15) is 0 Å². The molecule has 0 aliphatic carbocycles. The van der Waals surface area contributed by atoms with Crippen LogP contribution in [-0.2, 0) is 9.53 Å². The van der Waals surface area contributed by atoms with E-state index in [4.69, 9.17) is 15.6 Å². The molecule has 1 aliphatic rings. The van der Waals surface area contributed by atoms with Crippen molar-refractivity contribution in [3.63, 3.8) is 0 Å². The maximum atomic E-state index is 12.5. The van der Waals surface area contributed by atoms with Crippen molar-refractivity contribution in [3.05, 3.63) is 18.1 Å². The van der Waals surface area contributed by atoms with Gasteiger partial charge in [-0.15, -0.1) is 0 Å². The molecule has 1 fully saturated rings. The molecule has 1 aromatic rings. The Labute approximate surface area is 121 Å². The van der Waals surface area contributed by atoms with E-state index < -0.39 is 11.9 Å². The molecule has 1 amide bonds. The van der Waals surface area contributed by atoms with Crippen molar-refractivity contribution in [2.75, 3.05) is 25.4 Å². The highest BCUT2D eigenvalue weighted by Gasteiger charge is 2.25. The standard InChI is InChI=1S/C13H18N4O4/c14-12-11(15-4-5-16-12)13(20)17(6-3-10(18)19)8-9-2-1-7-21-9/h4-5,9H,1-3,6-8H2,(H2,14,16)(H,18,19). The molecule has 2 heterocycles. The summed E-state index contributed by atoms with van der Waals surface area (Å²) < 4.78 is 5.50. The Morgan fingerprint density at radius 1 is 1.43 bits per heavy atom. The largest absolute Gasteiger partial charge is 0.481 e. The number of carbonyl (C=O) groups excluding carboxylic acids is 1. The first-order valence-electron chi connectivity index (χ1n) is 6.77. The predicted molar refractivity (Wildman–Crippen MR) is 73.6 cm³/mol. The van der Waals surface area contributed by atoms with Crippen LogP contribution in [0.4, 0.5) is 5.82 Å². The van der Waals surface area contributed by atoms with E-state index >= 15 is 0 Å². The molecule has 8 nitrogen and oxygen atoms in total. The molecule has 114 valence electrons. The number of hydrogen-bond acceptors (Lipinski definition) is 6. The Kier molecular flexibility index (Phi) is 5.04. The highest BCUT2D eigenvalue weighted by Crippen LogP contribution is 2.16. The molecule has 3 N–H and O–H groups in total. The quantitative estimate of drug-likeness (QED) is 0.766. The molecular weight excluding hydrogens is 276 g/mol. The number of nitrogens with zero attached hydrogens (tertiary/aromatic N) is 3. The minimum atomic E-state index is -0.966. The highest BCUT2D eigenvalue weighted by molar-refractivity contribution is 5.96. The number of ether oxygens (including phenoxy) is 1. The molecule has 0 bridgehead atoms. The van der Waals surface area contributed by atoms with Crippen LogP contribution in [0.25, 0.3) is 0 Å². The lowest BCUT2D eigenvalue weighted by atomic mass is 10.2. The second-order valence-corrected chi connectivity index (χ2v) is 4.82. The van der Waals surface area contributed by atoms with Crippen LogP contribution in [0.3, 0.4) is 0 Å². The monoisotopic (exact) mass is 294 g/mol. The van der Waals surface area contributed by atoms with Crippen LogP contribution in [0.5, 0.6) is 0 Å². The Morgan fingerprint density at radius 3 is 2.81 bits per heavy atom. The molecule has 1 unspecified atom stereocenters. The zero-order valence-electron chi connectivity index (χ0n) is 11.6. The molecule has 2 rings (SSSR count). The van der Waals surface area contributed by atoms with Crippen LogP contribution >= 0.6 is 0 Å². The molecule has 8 heteroatoms. The molecular formula is C13H18N4O4. The summed E-state index contributed by atoms with van der Waals surface area (Å²) in [4.78, 5) is 32.4. The molecule has 0 aromatic carbocycles. The third-order valence-corrected chi connectivity index (χ3v) is 3.26. The van der Waals surface area contributed by atoms with E-state index in [1.165, 1.54) is 17.3 Å². The van der Waals surface area contributed by atoms with E-state index in [2.05, 4.69) is 9.97 Å². The van der Waals surface area contributed by atoms with Gasteiger partial charge in [0, 0.05) is 32.1 Å². The first kappa shape index (κ1) is 15.2. The van der Waals surface area contributed by atoms with E-state index in [1.807, 2.05) is 0 Å². The second kappa shape index (κ2) is 6.98. The number of nitrogen functional groups attached to an aromatic ring is 1. The Morgan fingerprint density at radius 2 is 2.19 bits per heavy atom. The fraction of sp³-hybridized carbons (Fsp3) is 0.538. The fourth-order valence-electron chi connectivity index (χ4n) is 2.20. The summed E-state index contributed by atoms with van der Waals surface area (Å²) in [7, 11) is 0. The number of carboxylic acid groups (broad SMARTS) is 1. The number of amides is 1. The number of rotatable bonds is 6. The number of anilines is 1. The van der Waals surface area contributed by atoms with Gasteiger partial charge in [-0.3, -0.25) is 9.59 Å². The molecule has 0 saturated carbocycles. The fourth-order valence-corrected chi connectivity index (χ4v) is 2.20. The third-order valence-electron chi connectivity index (χ3n) is 3.26. The van der Waals surface area contributed by atoms with Crippen molar-refractivity contribution >= 4 is 17.7 Å². The van der Waals surface area contributed by atoms with E-state index in [1.54, 1.807) is 0 Å². The van der Waals surface area contributed by atoms with Gasteiger partial charge >= 0.3 is 5.97 Å². The van der Waals surface area contributed by atoms with Crippen LogP contribution in [0.2, 0.25) is 0 Å². The summed E-state index contributed by atoms with van der Waals surface area (Å²) in [6, 6.07) is 0. The molecule has 1 aromatic heterocycles. The number of carboxylic acids is 1. The average Bonchev–Trinajstić information content (AvgIpc) is 2.96. The van der Waals surface area contributed by atoms with Gasteiger partial charge in [-0.25, -0.2) is 9.97 Å². The minimum absolute atomic E-state index is 0.0372. The third kappa shape index (κ3) is 4.12. The lowest BCUT2D eigenvalue weighted by Crippen LogP contribution is -2.39. The number of aliphatic carboxylic acids is 1. The van der Waals surface area contributed by atoms with E-state index in [0.717, 1.165) is 12.8 Å². The summed E-state index contributed by atoms with van der Waals surface area (Å²) in [6.07, 6.45) is 4.36. The topological polar surface area (TPSA) is 119 Å². The zero-order valence-corrected chi connectivity index (χ0v) is 11.6. The van der Waals surface area contributed by atoms with Crippen LogP contribution in [-0.4, -0.2) is 57.7 Å². The summed E-state index contributed by atoms with van der Waals surface area (Å²) in [5.41, 5.74) is 5.70. The number of hydrogen-bond donors (Lipinski definition) is 2. The average molecular weight is 294 g/mol. The van der Waals surface area contributed by atoms with Gasteiger partial charge in [-0.05, 0) is 12.8 Å². The number of aromatic nitrogens is 2. The van der Waals surface area contributed by atoms with E-state index in [-0.39, 0.29) is 30.6 Å². The van der Waals surface area contributed by atoms with Crippen LogP contribution < -0.4 is 5.73 Å². The Balaban J connectivity index is 2.10. The van der Waals surface area contributed by atoms with Gasteiger partial charge in [0.15, 0.2) is 11.5 Å². The lowest BCUT2D eigenvalue weighted by molar-refractivity contribution is -0.137. The summed E-state index contributed by atoms with van der Waals surface area (Å²) in [5, 5.41) is 8.81. The summed E-state index contributed by atoms with van der Waals surface area (Å²) >= 11 is 0. The normalized spacial score (nSPS) is 17.6. The number of nitrogens with two attached hydrogens (primary N) is 1. The maximum absolute atomic E-state index is 12.5. The molecule has 1 aliphatic heterocycles. The van der Waals surface area contributed by atoms with E-state index in [0.29, 0.717) is 13.2 Å². The molecule has 21 heavy (non-hydrogen) atoms. The van der Waals surface area contributed by atoms with Gasteiger partial charge < -0.3 is 20.5 Å². The molecule has 0 radical (unpaired) electrons. The SMILES string of the molecule is Nc1nccnc1C(=O)N(CCC(=O)O)CC1CCCO1. The Hall–Kier alpha value is -2.22. The van der Waals surface area contributed by atoms with Gasteiger partial charge in [-0.1, -0.05) is 0 Å². The Bertz CT molecular complexity index is 517. The highest BCUT2D eigenvalue weighted by atomic mass is 16.5. The van der Waals surface area contributed by atoms with Gasteiger partial charge in [0.1, 0.15) is 0 Å². The second-order valence-electron chi connectivity index (χ2n) is 4.82. The van der Waals surface area contributed by atoms with E-state index in [9.17, 15) is 9.59 Å².